The maximum atomic E-state index is 13.9. The first-order chi connectivity index (χ1) is 17.2. The number of nitrogens with one attached hydrogen (secondary N) is 2. The van der Waals surface area contributed by atoms with Crippen LogP contribution in [0.1, 0.15) is 68.5 Å². The summed E-state index contributed by atoms with van der Waals surface area (Å²) in [6.45, 7) is 16.4. The van der Waals surface area contributed by atoms with Crippen LogP contribution >= 0.6 is 0 Å². The zero-order chi connectivity index (χ0) is 28.1. The van der Waals surface area contributed by atoms with E-state index in [2.05, 4.69) is 16.7 Å². The minimum atomic E-state index is -1.13. The Kier molecular flexibility index (Phi) is 9.52. The van der Waals surface area contributed by atoms with E-state index < -0.39 is 35.6 Å². The molecule has 2 aromatic rings. The first-order valence-electron chi connectivity index (χ1n) is 12.4. The van der Waals surface area contributed by atoms with Gasteiger partial charge in [-0.25, -0.2) is 4.79 Å². The molecule has 0 aromatic heterocycles. The van der Waals surface area contributed by atoms with E-state index in [0.29, 0.717) is 11.3 Å². The number of terminal acetylenes is 1. The summed E-state index contributed by atoms with van der Waals surface area (Å²) in [4.78, 5) is 41.4. The summed E-state index contributed by atoms with van der Waals surface area (Å²) >= 11 is 0. The van der Waals surface area contributed by atoms with Crippen LogP contribution in [0.15, 0.2) is 36.4 Å². The van der Waals surface area contributed by atoms with E-state index in [0.717, 1.165) is 27.2 Å². The van der Waals surface area contributed by atoms with Crippen LogP contribution in [-0.2, 0) is 14.3 Å². The van der Waals surface area contributed by atoms with Crippen molar-refractivity contribution in [3.05, 3.63) is 64.2 Å². The van der Waals surface area contributed by atoms with E-state index in [-0.39, 0.29) is 5.92 Å². The van der Waals surface area contributed by atoms with Crippen LogP contribution in [-0.4, -0.2) is 34.5 Å². The number of carbonyl (C=O) groups excluding carboxylic acids is 3. The Hall–Kier alpha value is -3.79. The third-order valence-electron chi connectivity index (χ3n) is 6.03. The number of anilines is 1. The molecule has 0 aliphatic heterocycles. The van der Waals surface area contributed by atoms with Crippen LogP contribution in [0.2, 0.25) is 0 Å². The van der Waals surface area contributed by atoms with E-state index >= 15 is 0 Å². The maximum absolute atomic E-state index is 13.9. The molecule has 0 saturated heterocycles. The van der Waals surface area contributed by atoms with E-state index in [1.54, 1.807) is 34.6 Å². The van der Waals surface area contributed by atoms with Gasteiger partial charge in [-0.05, 0) is 82.2 Å². The fraction of sp³-hybridized carbons (Fsp3) is 0.433. The number of alkyl carbamates (subject to hydrolysis) is 1. The molecule has 0 aliphatic carbocycles. The van der Waals surface area contributed by atoms with Crippen molar-refractivity contribution in [2.75, 3.05) is 5.32 Å². The highest BCUT2D eigenvalue weighted by molar-refractivity contribution is 6.00. The van der Waals surface area contributed by atoms with Gasteiger partial charge in [-0.3, -0.25) is 14.5 Å². The topological polar surface area (TPSA) is 87.7 Å². The molecule has 2 aromatic carbocycles. The van der Waals surface area contributed by atoms with E-state index in [1.165, 1.54) is 0 Å². The van der Waals surface area contributed by atoms with Gasteiger partial charge in [0.2, 0.25) is 0 Å². The number of amides is 3. The van der Waals surface area contributed by atoms with Crippen molar-refractivity contribution >= 4 is 23.6 Å². The molecule has 3 amide bonds. The summed E-state index contributed by atoms with van der Waals surface area (Å²) < 4.78 is 5.37. The molecule has 37 heavy (non-hydrogen) atoms. The first kappa shape index (κ1) is 29.4. The third kappa shape index (κ3) is 7.36. The molecular weight excluding hydrogens is 466 g/mol. The van der Waals surface area contributed by atoms with Crippen molar-refractivity contribution in [2.45, 2.75) is 80.0 Å². The van der Waals surface area contributed by atoms with Gasteiger partial charge in [-0.2, -0.15) is 0 Å². The Morgan fingerprint density at radius 3 is 1.84 bits per heavy atom. The van der Waals surface area contributed by atoms with Gasteiger partial charge in [0.15, 0.2) is 0 Å². The van der Waals surface area contributed by atoms with Crippen molar-refractivity contribution in [3.63, 3.8) is 0 Å². The molecule has 7 heteroatoms. The number of rotatable bonds is 7. The monoisotopic (exact) mass is 505 g/mol. The Morgan fingerprint density at radius 2 is 1.41 bits per heavy atom. The lowest BCUT2D eigenvalue weighted by atomic mass is 9.93. The van der Waals surface area contributed by atoms with Crippen LogP contribution < -0.4 is 10.6 Å². The van der Waals surface area contributed by atoms with Gasteiger partial charge in [-0.1, -0.05) is 56.7 Å². The van der Waals surface area contributed by atoms with Crippen molar-refractivity contribution in [1.29, 1.82) is 0 Å². The number of hydrogen-bond acceptors (Lipinski definition) is 4. The third-order valence-corrected chi connectivity index (χ3v) is 6.03. The molecule has 0 fully saturated rings. The van der Waals surface area contributed by atoms with Crippen LogP contribution in [0.3, 0.4) is 0 Å². The van der Waals surface area contributed by atoms with Crippen molar-refractivity contribution in [3.8, 4) is 12.5 Å². The molecule has 2 N–H and O–H groups in total. The lowest BCUT2D eigenvalue weighted by Crippen LogP contribution is -2.53. The fourth-order valence-electron chi connectivity index (χ4n) is 4.20. The molecule has 0 spiro atoms. The second kappa shape index (κ2) is 12.0. The van der Waals surface area contributed by atoms with Gasteiger partial charge < -0.3 is 15.4 Å². The lowest BCUT2D eigenvalue weighted by Gasteiger charge is -2.33. The van der Waals surface area contributed by atoms with Gasteiger partial charge in [0, 0.05) is 11.7 Å². The smallest absolute Gasteiger partial charge is 0.408 e. The van der Waals surface area contributed by atoms with Crippen molar-refractivity contribution in [2.24, 2.45) is 5.92 Å². The summed E-state index contributed by atoms with van der Waals surface area (Å²) in [6, 6.07) is 11.7. The van der Waals surface area contributed by atoms with Gasteiger partial charge >= 0.3 is 6.09 Å². The molecule has 0 radical (unpaired) electrons. The lowest BCUT2D eigenvalue weighted by molar-refractivity contribution is -0.137. The second-order valence-corrected chi connectivity index (χ2v) is 10.7. The summed E-state index contributed by atoms with van der Waals surface area (Å²) in [6.07, 6.45) is 5.17. The molecular formula is C30H39N3O4. The van der Waals surface area contributed by atoms with Crippen LogP contribution in [0.5, 0.6) is 0 Å². The number of aryl methyl sites for hydroxylation is 4. The molecule has 0 heterocycles. The Labute approximate surface area is 221 Å². The highest BCUT2D eigenvalue weighted by Gasteiger charge is 2.38. The summed E-state index contributed by atoms with van der Waals surface area (Å²) in [5, 5.41) is 5.65. The number of nitrogens with zero attached hydrogens (tertiary/aromatic N) is 1. The average Bonchev–Trinajstić information content (AvgIpc) is 2.77. The molecule has 7 nitrogen and oxygen atoms in total. The average molecular weight is 506 g/mol. The normalized spacial score (nSPS) is 12.8. The molecule has 2 rings (SSSR count). The van der Waals surface area contributed by atoms with Crippen LogP contribution in [0.25, 0.3) is 0 Å². The largest absolute Gasteiger partial charge is 0.444 e. The SMILES string of the molecule is C#CN(C(=O)C(NC(=O)OC(C)(C)C)C(C)C)C(C(=O)Nc1c(C)cccc1C)c1c(C)cccc1C. The molecule has 2 atom stereocenters. The fourth-order valence-corrected chi connectivity index (χ4v) is 4.20. The number of para-hydroxylation sites is 1. The molecule has 0 saturated carbocycles. The van der Waals surface area contributed by atoms with Gasteiger partial charge in [0.25, 0.3) is 11.8 Å². The number of ether oxygens (including phenoxy) is 1. The number of carbonyl (C=O) groups is 3. The van der Waals surface area contributed by atoms with Crippen LogP contribution in [0, 0.1) is 46.1 Å². The number of benzene rings is 2. The minimum absolute atomic E-state index is 0.323. The van der Waals surface area contributed by atoms with Gasteiger partial charge in [-0.15, -0.1) is 0 Å². The maximum Gasteiger partial charge on any atom is 0.408 e. The summed E-state index contributed by atoms with van der Waals surface area (Å²) in [7, 11) is 0. The zero-order valence-electron chi connectivity index (χ0n) is 23.4. The Balaban J connectivity index is 2.57. The Bertz CT molecular complexity index is 1160. The molecule has 0 bridgehead atoms. The van der Waals surface area contributed by atoms with Gasteiger partial charge in [0.1, 0.15) is 17.7 Å². The molecule has 0 aliphatic rings. The quantitative estimate of drug-likeness (QED) is 0.380. The first-order valence-corrected chi connectivity index (χ1v) is 12.4. The standard InChI is InChI=1S/C30H39N3O4/c1-11-33(28(35)24(18(2)3)32-29(36)37-30(8,9)10)26(23-19(4)14-12-15-20(23)5)27(34)31-25-21(6)16-13-17-22(25)7/h1,12-18,24,26H,2-10H3,(H,31,34)(H,32,36). The second-order valence-electron chi connectivity index (χ2n) is 10.7. The van der Waals surface area contributed by atoms with Crippen molar-refractivity contribution < 1.29 is 19.1 Å². The minimum Gasteiger partial charge on any atom is -0.444 e. The summed E-state index contributed by atoms with van der Waals surface area (Å²) in [5.74, 6) is -1.34. The summed E-state index contributed by atoms with van der Waals surface area (Å²) in [5.41, 5.74) is 3.97. The predicted octanol–water partition coefficient (Wildman–Crippen LogP) is 5.57. The van der Waals surface area contributed by atoms with E-state index in [4.69, 9.17) is 11.2 Å². The van der Waals surface area contributed by atoms with Gasteiger partial charge in [0.05, 0.1) is 0 Å². The zero-order valence-corrected chi connectivity index (χ0v) is 23.4. The molecule has 198 valence electrons. The highest BCUT2D eigenvalue weighted by Crippen LogP contribution is 2.31. The Morgan fingerprint density at radius 1 is 0.919 bits per heavy atom. The predicted molar refractivity (Wildman–Crippen MR) is 147 cm³/mol. The molecule has 2 unspecified atom stereocenters. The number of hydrogen-bond donors (Lipinski definition) is 2. The highest BCUT2D eigenvalue weighted by atomic mass is 16.6. The van der Waals surface area contributed by atoms with E-state index in [9.17, 15) is 14.4 Å². The van der Waals surface area contributed by atoms with E-state index in [1.807, 2.05) is 64.1 Å². The van der Waals surface area contributed by atoms with Crippen LogP contribution in [0.4, 0.5) is 10.5 Å². The van der Waals surface area contributed by atoms with Crippen molar-refractivity contribution in [1.82, 2.24) is 10.2 Å².